The van der Waals surface area contributed by atoms with Crippen molar-refractivity contribution in [1.82, 2.24) is 15.0 Å². The Morgan fingerprint density at radius 2 is 1.74 bits per heavy atom. The molecule has 8 nitrogen and oxygen atoms in total. The van der Waals surface area contributed by atoms with Gasteiger partial charge in [0.2, 0.25) is 0 Å². The molecular formula is C34H45N5O3S. The van der Waals surface area contributed by atoms with Crippen molar-refractivity contribution in [3.63, 3.8) is 0 Å². The lowest BCUT2D eigenvalue weighted by atomic mass is 9.81. The molecule has 0 saturated carbocycles. The molecule has 1 aromatic carbocycles. The van der Waals surface area contributed by atoms with Crippen LogP contribution in [0, 0.1) is 19.3 Å². The monoisotopic (exact) mass is 603 g/mol. The average Bonchev–Trinajstić information content (AvgIpc) is 2.95. The number of fused-ring (bicyclic) bond motifs is 1. The van der Waals surface area contributed by atoms with Crippen LogP contribution in [0.3, 0.4) is 0 Å². The number of carbonyl (C=O) groups is 1. The number of rotatable bonds is 7. The fraction of sp³-hybridized carbons (Fsp3) is 0.529. The van der Waals surface area contributed by atoms with Gasteiger partial charge in [0.05, 0.1) is 11.3 Å². The summed E-state index contributed by atoms with van der Waals surface area (Å²) in [7, 11) is 0. The minimum absolute atomic E-state index is 0.250. The first kappa shape index (κ1) is 31.3. The van der Waals surface area contributed by atoms with Gasteiger partial charge in [0.1, 0.15) is 5.82 Å². The standard InChI is InChI=1S/C34H45N5O3S/c1-21-27(24-9-10-25-20-39(16-12-23(25)19-24)26-11-15-35-32(37-26)43-8)29(38-17-13-34(6,7)14-18-38)28(22(2)36-21)30(31(40)41)42-33(3,4)5/h9-11,15,19,30H,12-14,16-18,20H2,1-8H3,(H,40,41). The lowest BCUT2D eigenvalue weighted by Crippen LogP contribution is -2.39. The molecule has 0 spiro atoms. The van der Waals surface area contributed by atoms with Crippen LogP contribution in [0.4, 0.5) is 11.5 Å². The number of benzene rings is 1. The number of piperidine rings is 1. The fourth-order valence-electron chi connectivity index (χ4n) is 6.27. The number of pyridine rings is 1. The molecule has 1 atom stereocenters. The highest BCUT2D eigenvalue weighted by atomic mass is 32.2. The van der Waals surface area contributed by atoms with E-state index in [-0.39, 0.29) is 5.41 Å². The van der Waals surface area contributed by atoms with Crippen molar-refractivity contribution in [2.24, 2.45) is 5.41 Å². The number of aryl methyl sites for hydroxylation is 2. The largest absolute Gasteiger partial charge is 0.479 e. The van der Waals surface area contributed by atoms with Gasteiger partial charge in [-0.1, -0.05) is 43.8 Å². The topological polar surface area (TPSA) is 91.7 Å². The van der Waals surface area contributed by atoms with Gasteiger partial charge in [0, 0.05) is 54.9 Å². The molecule has 9 heteroatoms. The molecule has 230 valence electrons. The van der Waals surface area contributed by atoms with Crippen LogP contribution < -0.4 is 9.80 Å². The molecule has 43 heavy (non-hydrogen) atoms. The number of ether oxygens (including phenoxy) is 1. The molecule has 1 fully saturated rings. The SMILES string of the molecule is CSc1nccc(N2CCc3cc(-c4c(C)nc(C)c(C(OC(C)(C)C)C(=O)O)c4N4CCC(C)(C)CC4)ccc3C2)n1. The summed E-state index contributed by atoms with van der Waals surface area (Å²) in [5, 5.41) is 11.3. The number of aliphatic carboxylic acids is 1. The van der Waals surface area contributed by atoms with E-state index < -0.39 is 17.7 Å². The smallest absolute Gasteiger partial charge is 0.337 e. The Hall–Kier alpha value is -3.17. The van der Waals surface area contributed by atoms with E-state index in [0.717, 1.165) is 78.9 Å². The Balaban J connectivity index is 1.60. The van der Waals surface area contributed by atoms with Gasteiger partial charge in [0.25, 0.3) is 0 Å². The maximum Gasteiger partial charge on any atom is 0.337 e. The van der Waals surface area contributed by atoms with Crippen LogP contribution in [0.2, 0.25) is 0 Å². The Bertz CT molecular complexity index is 1510. The summed E-state index contributed by atoms with van der Waals surface area (Å²) < 4.78 is 6.25. The van der Waals surface area contributed by atoms with Gasteiger partial charge in [-0.2, -0.15) is 0 Å². The summed E-state index contributed by atoms with van der Waals surface area (Å²) in [5.74, 6) is -0.0423. The summed E-state index contributed by atoms with van der Waals surface area (Å²) in [6.07, 6.45) is 5.66. The van der Waals surface area contributed by atoms with Crippen LogP contribution in [-0.4, -0.2) is 57.5 Å². The summed E-state index contributed by atoms with van der Waals surface area (Å²) >= 11 is 1.55. The molecule has 5 rings (SSSR count). The van der Waals surface area contributed by atoms with Crippen LogP contribution in [0.25, 0.3) is 11.1 Å². The van der Waals surface area contributed by atoms with E-state index in [1.807, 2.05) is 53.1 Å². The number of hydrogen-bond acceptors (Lipinski definition) is 8. The van der Waals surface area contributed by atoms with Gasteiger partial charge in [-0.3, -0.25) is 4.98 Å². The van der Waals surface area contributed by atoms with Gasteiger partial charge in [-0.15, -0.1) is 0 Å². The van der Waals surface area contributed by atoms with E-state index in [2.05, 4.69) is 46.8 Å². The van der Waals surface area contributed by atoms with Gasteiger partial charge in [0.15, 0.2) is 11.3 Å². The van der Waals surface area contributed by atoms with E-state index in [1.165, 1.54) is 11.1 Å². The number of carboxylic acids is 1. The number of thioether (sulfide) groups is 1. The molecule has 1 saturated heterocycles. The molecule has 0 radical (unpaired) electrons. The van der Waals surface area contributed by atoms with E-state index in [1.54, 1.807) is 11.8 Å². The van der Waals surface area contributed by atoms with Crippen molar-refractivity contribution in [2.75, 3.05) is 35.7 Å². The lowest BCUT2D eigenvalue weighted by Gasteiger charge is -2.41. The summed E-state index contributed by atoms with van der Waals surface area (Å²) in [4.78, 5) is 31.5. The Morgan fingerprint density at radius 3 is 2.40 bits per heavy atom. The molecule has 0 amide bonds. The number of aromatic nitrogens is 3. The molecule has 2 aromatic heterocycles. The number of hydrogen-bond donors (Lipinski definition) is 1. The van der Waals surface area contributed by atoms with Crippen LogP contribution in [0.5, 0.6) is 0 Å². The van der Waals surface area contributed by atoms with Crippen molar-refractivity contribution in [2.45, 2.75) is 91.1 Å². The quantitative estimate of drug-likeness (QED) is 0.226. The second-order valence-electron chi connectivity index (χ2n) is 13.6. The zero-order chi connectivity index (χ0) is 31.1. The van der Waals surface area contributed by atoms with Crippen LogP contribution >= 0.6 is 11.8 Å². The first-order valence-corrected chi connectivity index (χ1v) is 16.4. The Morgan fingerprint density at radius 1 is 1.02 bits per heavy atom. The molecular weight excluding hydrogens is 558 g/mol. The van der Waals surface area contributed by atoms with E-state index in [0.29, 0.717) is 11.3 Å². The first-order valence-electron chi connectivity index (χ1n) is 15.2. The second-order valence-corrected chi connectivity index (χ2v) is 14.3. The predicted molar refractivity (Wildman–Crippen MR) is 174 cm³/mol. The molecule has 0 bridgehead atoms. The number of anilines is 2. The van der Waals surface area contributed by atoms with E-state index in [4.69, 9.17) is 14.7 Å². The van der Waals surface area contributed by atoms with Crippen molar-refractivity contribution < 1.29 is 14.6 Å². The van der Waals surface area contributed by atoms with Crippen molar-refractivity contribution in [1.29, 1.82) is 0 Å². The normalized spacial score (nSPS) is 17.5. The lowest BCUT2D eigenvalue weighted by molar-refractivity contribution is -0.160. The summed E-state index contributed by atoms with van der Waals surface area (Å²) in [5.41, 5.74) is 7.52. The van der Waals surface area contributed by atoms with Gasteiger partial charge in [-0.25, -0.2) is 14.8 Å². The van der Waals surface area contributed by atoms with Gasteiger partial charge in [-0.05, 0) is 88.3 Å². The van der Waals surface area contributed by atoms with Crippen molar-refractivity contribution >= 4 is 29.2 Å². The minimum atomic E-state index is -1.12. The first-order chi connectivity index (χ1) is 20.3. The van der Waals surface area contributed by atoms with Gasteiger partial charge >= 0.3 is 5.97 Å². The summed E-state index contributed by atoms with van der Waals surface area (Å²) in [6.45, 7) is 17.7. The Labute approximate surface area is 260 Å². The van der Waals surface area contributed by atoms with Crippen LogP contribution in [0.1, 0.15) is 81.6 Å². The molecule has 2 aliphatic heterocycles. The molecule has 1 N–H and O–H groups in total. The second kappa shape index (κ2) is 12.1. The third-order valence-corrected chi connectivity index (χ3v) is 9.16. The number of nitrogens with zero attached hydrogens (tertiary/aromatic N) is 5. The highest BCUT2D eigenvalue weighted by Gasteiger charge is 2.36. The minimum Gasteiger partial charge on any atom is -0.479 e. The molecule has 1 unspecified atom stereocenters. The van der Waals surface area contributed by atoms with E-state index >= 15 is 0 Å². The maximum atomic E-state index is 12.8. The van der Waals surface area contributed by atoms with Crippen LogP contribution in [-0.2, 0) is 22.5 Å². The molecule has 0 aliphatic carbocycles. The van der Waals surface area contributed by atoms with Crippen LogP contribution in [0.15, 0.2) is 35.6 Å². The predicted octanol–water partition coefficient (Wildman–Crippen LogP) is 7.01. The van der Waals surface area contributed by atoms with E-state index in [9.17, 15) is 9.90 Å². The highest BCUT2D eigenvalue weighted by Crippen LogP contribution is 2.45. The zero-order valence-electron chi connectivity index (χ0n) is 26.8. The average molecular weight is 604 g/mol. The van der Waals surface area contributed by atoms with Crippen molar-refractivity contribution in [3.8, 4) is 11.1 Å². The zero-order valence-corrected chi connectivity index (χ0v) is 27.6. The van der Waals surface area contributed by atoms with Gasteiger partial charge < -0.3 is 19.6 Å². The summed E-state index contributed by atoms with van der Waals surface area (Å²) in [6, 6.07) is 8.67. The number of carboxylic acid groups (broad SMARTS) is 1. The molecule has 2 aliphatic rings. The molecule has 4 heterocycles. The molecule has 3 aromatic rings. The highest BCUT2D eigenvalue weighted by molar-refractivity contribution is 7.98. The van der Waals surface area contributed by atoms with Crippen molar-refractivity contribution in [3.05, 3.63) is 58.5 Å². The fourth-order valence-corrected chi connectivity index (χ4v) is 6.62. The maximum absolute atomic E-state index is 12.8. The third kappa shape index (κ3) is 6.83. The third-order valence-electron chi connectivity index (χ3n) is 8.60. The Kier molecular flexibility index (Phi) is 8.78.